The first-order valence-electron chi connectivity index (χ1n) is 7.69. The largest absolute Gasteiger partial charge is 0.383 e. The lowest BCUT2D eigenvalue weighted by Crippen LogP contribution is -2.59. The van der Waals surface area contributed by atoms with Gasteiger partial charge in [0.05, 0.1) is 33.0 Å². The molecule has 2 aliphatic rings. The van der Waals surface area contributed by atoms with E-state index in [-0.39, 0.29) is 12.0 Å². The van der Waals surface area contributed by atoms with E-state index in [1.807, 2.05) is 17.0 Å². The Morgan fingerprint density at radius 2 is 2.18 bits per heavy atom. The van der Waals surface area contributed by atoms with Crippen LogP contribution in [0.4, 0.5) is 0 Å². The van der Waals surface area contributed by atoms with Crippen molar-refractivity contribution in [3.05, 3.63) is 35.4 Å². The van der Waals surface area contributed by atoms with Gasteiger partial charge in [-0.1, -0.05) is 24.3 Å². The maximum absolute atomic E-state index is 12.9. The second-order valence-corrected chi connectivity index (χ2v) is 6.17. The van der Waals surface area contributed by atoms with Crippen LogP contribution in [0.25, 0.3) is 0 Å². The number of hydrogen-bond acceptors (Lipinski definition) is 4. The maximum Gasteiger partial charge on any atom is 0.236 e. The lowest BCUT2D eigenvalue weighted by Gasteiger charge is -2.44. The van der Waals surface area contributed by atoms with Crippen LogP contribution in [0.3, 0.4) is 0 Å². The Labute approximate surface area is 131 Å². The summed E-state index contributed by atoms with van der Waals surface area (Å²) in [6, 6.07) is 8.18. The Kier molecular flexibility index (Phi) is 4.47. The molecule has 2 aliphatic heterocycles. The van der Waals surface area contributed by atoms with Crippen molar-refractivity contribution in [2.45, 2.75) is 13.0 Å². The topological polar surface area (TPSA) is 48.0 Å². The molecule has 2 fully saturated rings. The monoisotopic (exact) mass is 305 g/mol. The number of benzene rings is 1. The van der Waals surface area contributed by atoms with Crippen molar-refractivity contribution in [1.82, 2.24) is 4.90 Å². The molecule has 22 heavy (non-hydrogen) atoms. The predicted molar refractivity (Wildman–Crippen MR) is 81.6 cm³/mol. The van der Waals surface area contributed by atoms with E-state index in [0.717, 1.165) is 5.56 Å². The Bertz CT molecular complexity index is 541. The van der Waals surface area contributed by atoms with Crippen molar-refractivity contribution in [2.75, 3.05) is 46.6 Å². The van der Waals surface area contributed by atoms with Gasteiger partial charge in [-0.3, -0.25) is 4.79 Å². The average Bonchev–Trinajstić information content (AvgIpc) is 2.51. The van der Waals surface area contributed by atoms with Gasteiger partial charge in [0, 0.05) is 13.7 Å². The molecule has 0 bridgehead atoms. The molecular formula is C17H23NO4. The minimum absolute atomic E-state index is 0.0560. The number of amides is 1. The van der Waals surface area contributed by atoms with Crippen LogP contribution in [0, 0.1) is 12.3 Å². The summed E-state index contributed by atoms with van der Waals surface area (Å²) in [7, 11) is 1.63. The number of hydrogen-bond donors (Lipinski definition) is 0. The van der Waals surface area contributed by atoms with Crippen molar-refractivity contribution in [1.29, 1.82) is 0 Å². The quantitative estimate of drug-likeness (QED) is 0.847. The summed E-state index contributed by atoms with van der Waals surface area (Å²) in [6.45, 7) is 5.18. The minimum atomic E-state index is -0.498. The summed E-state index contributed by atoms with van der Waals surface area (Å²) in [6.07, 6.45) is -0.0560. The van der Waals surface area contributed by atoms with E-state index >= 15 is 0 Å². The number of aryl methyl sites for hydroxylation is 1. The average molecular weight is 305 g/mol. The van der Waals surface area contributed by atoms with Gasteiger partial charge in [0.2, 0.25) is 5.91 Å². The lowest BCUT2D eigenvalue weighted by atomic mass is 9.84. The van der Waals surface area contributed by atoms with E-state index < -0.39 is 5.41 Å². The van der Waals surface area contributed by atoms with E-state index in [2.05, 4.69) is 19.1 Å². The summed E-state index contributed by atoms with van der Waals surface area (Å²) in [4.78, 5) is 14.8. The van der Waals surface area contributed by atoms with Gasteiger partial charge in [0.1, 0.15) is 11.5 Å². The fourth-order valence-corrected chi connectivity index (χ4v) is 3.20. The second kappa shape index (κ2) is 6.36. The molecule has 0 aliphatic carbocycles. The van der Waals surface area contributed by atoms with E-state index in [9.17, 15) is 4.79 Å². The summed E-state index contributed by atoms with van der Waals surface area (Å²) in [5, 5.41) is 0. The summed E-state index contributed by atoms with van der Waals surface area (Å²) in [5.74, 6) is 0.127. The molecule has 120 valence electrons. The number of carbonyl (C=O) groups excluding carboxylic acids is 1. The van der Waals surface area contributed by atoms with Crippen molar-refractivity contribution < 1.29 is 19.0 Å². The molecule has 1 unspecified atom stereocenters. The molecule has 2 saturated heterocycles. The third-order valence-electron chi connectivity index (χ3n) is 4.52. The van der Waals surface area contributed by atoms with Crippen LogP contribution in [0.15, 0.2) is 24.3 Å². The number of ether oxygens (including phenoxy) is 3. The first kappa shape index (κ1) is 15.5. The predicted octanol–water partition coefficient (Wildman–Crippen LogP) is 1.56. The second-order valence-electron chi connectivity index (χ2n) is 6.17. The molecule has 1 aromatic rings. The standard InChI is InChI=1S/C17H23NO4/c1-13-5-3-4-6-14(13)15-9-18(7-8-22-15)16(19)17(10-20-2)11-21-12-17/h3-6,15H,7-12H2,1-2H3. The van der Waals surface area contributed by atoms with Crippen molar-refractivity contribution in [3.63, 3.8) is 0 Å². The molecule has 0 N–H and O–H groups in total. The molecular weight excluding hydrogens is 282 g/mol. The molecule has 0 aromatic heterocycles. The third kappa shape index (κ3) is 2.76. The fourth-order valence-electron chi connectivity index (χ4n) is 3.20. The fraction of sp³-hybridized carbons (Fsp3) is 0.588. The van der Waals surface area contributed by atoms with Gasteiger partial charge >= 0.3 is 0 Å². The number of morpholine rings is 1. The highest BCUT2D eigenvalue weighted by Gasteiger charge is 2.49. The van der Waals surface area contributed by atoms with Crippen LogP contribution in [0.5, 0.6) is 0 Å². The van der Waals surface area contributed by atoms with Gasteiger partial charge in [0.15, 0.2) is 0 Å². The van der Waals surface area contributed by atoms with E-state index in [4.69, 9.17) is 14.2 Å². The summed E-state index contributed by atoms with van der Waals surface area (Å²) in [5.41, 5.74) is 1.86. The Balaban J connectivity index is 1.73. The first-order chi connectivity index (χ1) is 10.7. The highest BCUT2D eigenvalue weighted by Crippen LogP contribution is 2.33. The normalized spacial score (nSPS) is 23.9. The van der Waals surface area contributed by atoms with Crippen LogP contribution in [-0.4, -0.2) is 57.4 Å². The number of carbonyl (C=O) groups is 1. The van der Waals surface area contributed by atoms with Crippen LogP contribution in [0.2, 0.25) is 0 Å². The molecule has 5 heteroatoms. The highest BCUT2D eigenvalue weighted by atomic mass is 16.5. The molecule has 0 radical (unpaired) electrons. The van der Waals surface area contributed by atoms with Crippen LogP contribution < -0.4 is 0 Å². The molecule has 0 spiro atoms. The SMILES string of the molecule is COCC1(C(=O)N2CCOC(c3ccccc3C)C2)COC1. The summed E-state index contributed by atoms with van der Waals surface area (Å²) >= 11 is 0. The van der Waals surface area contributed by atoms with Crippen LogP contribution in [-0.2, 0) is 19.0 Å². The zero-order valence-corrected chi connectivity index (χ0v) is 13.2. The third-order valence-corrected chi connectivity index (χ3v) is 4.52. The zero-order valence-electron chi connectivity index (χ0n) is 13.2. The molecule has 1 aromatic carbocycles. The molecule has 0 saturated carbocycles. The molecule has 1 atom stereocenters. The first-order valence-corrected chi connectivity index (χ1v) is 7.69. The van der Waals surface area contributed by atoms with Crippen molar-refractivity contribution >= 4 is 5.91 Å². The van der Waals surface area contributed by atoms with Gasteiger partial charge in [-0.05, 0) is 18.1 Å². The molecule has 5 nitrogen and oxygen atoms in total. The number of methoxy groups -OCH3 is 1. The smallest absolute Gasteiger partial charge is 0.236 e. The molecule has 3 rings (SSSR count). The number of nitrogens with zero attached hydrogens (tertiary/aromatic N) is 1. The minimum Gasteiger partial charge on any atom is -0.383 e. The zero-order chi connectivity index (χ0) is 15.6. The van der Waals surface area contributed by atoms with Crippen molar-refractivity contribution in [3.8, 4) is 0 Å². The number of rotatable bonds is 4. The van der Waals surface area contributed by atoms with Gasteiger partial charge < -0.3 is 19.1 Å². The van der Waals surface area contributed by atoms with E-state index in [1.54, 1.807) is 7.11 Å². The van der Waals surface area contributed by atoms with Gasteiger partial charge in [-0.25, -0.2) is 0 Å². The van der Waals surface area contributed by atoms with Gasteiger partial charge in [-0.15, -0.1) is 0 Å². The Morgan fingerprint density at radius 1 is 1.41 bits per heavy atom. The lowest BCUT2D eigenvalue weighted by molar-refractivity contribution is -0.188. The maximum atomic E-state index is 12.9. The van der Waals surface area contributed by atoms with Gasteiger partial charge in [0.25, 0.3) is 0 Å². The Morgan fingerprint density at radius 3 is 2.82 bits per heavy atom. The molecule has 1 amide bonds. The summed E-state index contributed by atoms with van der Waals surface area (Å²) < 4.78 is 16.4. The Hall–Kier alpha value is -1.43. The van der Waals surface area contributed by atoms with E-state index in [0.29, 0.717) is 39.5 Å². The highest BCUT2D eigenvalue weighted by molar-refractivity contribution is 5.84. The van der Waals surface area contributed by atoms with Crippen LogP contribution >= 0.6 is 0 Å². The van der Waals surface area contributed by atoms with Crippen molar-refractivity contribution in [2.24, 2.45) is 5.41 Å². The van der Waals surface area contributed by atoms with Gasteiger partial charge in [-0.2, -0.15) is 0 Å². The van der Waals surface area contributed by atoms with E-state index in [1.165, 1.54) is 5.56 Å². The molecule has 2 heterocycles. The van der Waals surface area contributed by atoms with Crippen LogP contribution in [0.1, 0.15) is 17.2 Å².